The number of carbonyl (C=O) groups is 2. The van der Waals surface area contributed by atoms with Crippen LogP contribution < -0.4 is 10.6 Å². The van der Waals surface area contributed by atoms with Crippen molar-refractivity contribution in [2.45, 2.75) is 23.6 Å². The highest BCUT2D eigenvalue weighted by atomic mass is 35.5. The lowest BCUT2D eigenvalue weighted by atomic mass is 9.85. The molecule has 3 rings (SSSR count). The van der Waals surface area contributed by atoms with Crippen LogP contribution in [0.1, 0.15) is 19.3 Å². The molecule has 1 heterocycles. The van der Waals surface area contributed by atoms with E-state index in [1.807, 2.05) is 0 Å². The number of carbonyl (C=O) groups excluding carboxylic acids is 2. The third-order valence-corrected chi connectivity index (χ3v) is 6.35. The van der Waals surface area contributed by atoms with Crippen LogP contribution >= 0.6 is 46.3 Å². The predicted octanol–water partition coefficient (Wildman–Crippen LogP) is 4.31. The normalized spacial score (nSPS) is 14.0. The molecule has 6 nitrogen and oxygen atoms in total. The highest BCUT2D eigenvalue weighted by molar-refractivity contribution is 8.01. The first kappa shape index (κ1) is 18.4. The summed E-state index contributed by atoms with van der Waals surface area (Å²) >= 11 is 14.3. The van der Waals surface area contributed by atoms with Gasteiger partial charge in [0.15, 0.2) is 4.34 Å². The summed E-state index contributed by atoms with van der Waals surface area (Å²) in [7, 11) is 0. The standard InChI is InChI=1S/C15H14Cl2N4O2S2/c16-10-5-4-9(6-11(10)17)18-12(22)7-24-15-21-20-14(25-15)19-13(23)8-2-1-3-8/h4-6,8H,1-3,7H2,(H,18,22)(H,19,20,23). The predicted molar refractivity (Wildman–Crippen MR) is 102 cm³/mol. The van der Waals surface area contributed by atoms with Gasteiger partial charge >= 0.3 is 0 Å². The van der Waals surface area contributed by atoms with Gasteiger partial charge in [0.1, 0.15) is 0 Å². The van der Waals surface area contributed by atoms with E-state index >= 15 is 0 Å². The second-order valence-electron chi connectivity index (χ2n) is 5.46. The van der Waals surface area contributed by atoms with E-state index in [1.165, 1.54) is 23.1 Å². The van der Waals surface area contributed by atoms with E-state index in [4.69, 9.17) is 23.2 Å². The molecule has 10 heteroatoms. The summed E-state index contributed by atoms with van der Waals surface area (Å²) in [6, 6.07) is 4.88. The first-order valence-electron chi connectivity index (χ1n) is 7.53. The summed E-state index contributed by atoms with van der Waals surface area (Å²) in [5.74, 6) is 0.0674. The molecular formula is C15H14Cl2N4O2S2. The number of nitrogens with one attached hydrogen (secondary N) is 2. The minimum Gasteiger partial charge on any atom is -0.325 e. The lowest BCUT2D eigenvalue weighted by Crippen LogP contribution is -2.27. The summed E-state index contributed by atoms with van der Waals surface area (Å²) in [6.07, 6.45) is 2.96. The maximum Gasteiger partial charge on any atom is 0.234 e. The van der Waals surface area contributed by atoms with Crippen LogP contribution in [0.25, 0.3) is 0 Å². The quantitative estimate of drug-likeness (QED) is 0.541. The van der Waals surface area contributed by atoms with Crippen LogP contribution in [0.3, 0.4) is 0 Å². The van der Waals surface area contributed by atoms with Gasteiger partial charge in [0.05, 0.1) is 15.8 Å². The van der Waals surface area contributed by atoms with Crippen molar-refractivity contribution in [1.29, 1.82) is 0 Å². The van der Waals surface area contributed by atoms with E-state index in [2.05, 4.69) is 20.8 Å². The van der Waals surface area contributed by atoms with Gasteiger partial charge in [-0.1, -0.05) is 52.7 Å². The zero-order valence-electron chi connectivity index (χ0n) is 12.9. The van der Waals surface area contributed by atoms with Gasteiger partial charge in [-0.2, -0.15) is 0 Å². The molecule has 0 atom stereocenters. The monoisotopic (exact) mass is 416 g/mol. The lowest BCUT2D eigenvalue weighted by molar-refractivity contribution is -0.122. The Morgan fingerprint density at radius 2 is 2.00 bits per heavy atom. The molecule has 2 aromatic rings. The molecule has 2 amide bonds. The lowest BCUT2D eigenvalue weighted by Gasteiger charge is -2.23. The third-order valence-electron chi connectivity index (χ3n) is 3.64. The fraction of sp³-hybridized carbons (Fsp3) is 0.333. The van der Waals surface area contributed by atoms with Crippen molar-refractivity contribution >= 4 is 68.9 Å². The molecule has 1 saturated carbocycles. The van der Waals surface area contributed by atoms with E-state index in [-0.39, 0.29) is 23.5 Å². The van der Waals surface area contributed by atoms with E-state index < -0.39 is 0 Å². The van der Waals surface area contributed by atoms with Gasteiger partial charge in [0, 0.05) is 11.6 Å². The second-order valence-corrected chi connectivity index (χ2v) is 8.47. The van der Waals surface area contributed by atoms with Crippen LogP contribution in [-0.2, 0) is 9.59 Å². The van der Waals surface area contributed by atoms with Gasteiger partial charge in [0.2, 0.25) is 16.9 Å². The van der Waals surface area contributed by atoms with Gasteiger partial charge in [-0.25, -0.2) is 0 Å². The van der Waals surface area contributed by atoms with Crippen LogP contribution in [0.2, 0.25) is 10.0 Å². The van der Waals surface area contributed by atoms with Crippen molar-refractivity contribution in [1.82, 2.24) is 10.2 Å². The number of amides is 2. The summed E-state index contributed by atoms with van der Waals surface area (Å²) in [5, 5.41) is 14.7. The van der Waals surface area contributed by atoms with Crippen LogP contribution in [0.15, 0.2) is 22.5 Å². The van der Waals surface area contributed by atoms with E-state index in [0.29, 0.717) is 25.2 Å². The molecule has 0 spiro atoms. The molecule has 1 aliphatic carbocycles. The van der Waals surface area contributed by atoms with Crippen LogP contribution in [0.5, 0.6) is 0 Å². The fourth-order valence-electron chi connectivity index (χ4n) is 2.09. The number of thioether (sulfide) groups is 1. The smallest absolute Gasteiger partial charge is 0.234 e. The minimum absolute atomic E-state index is 0.00342. The summed E-state index contributed by atoms with van der Waals surface area (Å²) in [5.41, 5.74) is 0.575. The van der Waals surface area contributed by atoms with Crippen LogP contribution in [0, 0.1) is 5.92 Å². The summed E-state index contributed by atoms with van der Waals surface area (Å²) in [4.78, 5) is 23.8. The number of rotatable bonds is 6. The second kappa shape index (κ2) is 8.35. The average molecular weight is 417 g/mol. The first-order valence-corrected chi connectivity index (χ1v) is 10.1. The topological polar surface area (TPSA) is 84.0 Å². The Hall–Kier alpha value is -1.35. The zero-order valence-corrected chi connectivity index (χ0v) is 16.1. The molecule has 0 aliphatic heterocycles. The number of anilines is 2. The van der Waals surface area contributed by atoms with Gasteiger partial charge in [-0.3, -0.25) is 9.59 Å². The SMILES string of the molecule is O=C(CSc1nnc(NC(=O)C2CCC2)s1)Nc1ccc(Cl)c(Cl)c1. The van der Waals surface area contributed by atoms with E-state index in [1.54, 1.807) is 18.2 Å². The van der Waals surface area contributed by atoms with Crippen molar-refractivity contribution in [3.05, 3.63) is 28.2 Å². The average Bonchev–Trinajstić information content (AvgIpc) is 2.94. The molecule has 0 unspecified atom stereocenters. The van der Waals surface area contributed by atoms with Gasteiger partial charge in [-0.05, 0) is 31.0 Å². The molecule has 0 bridgehead atoms. The van der Waals surface area contributed by atoms with Crippen LogP contribution in [0.4, 0.5) is 10.8 Å². The molecular weight excluding hydrogens is 403 g/mol. The molecule has 1 aromatic heterocycles. The molecule has 0 saturated heterocycles. The Bertz CT molecular complexity index is 796. The maximum atomic E-state index is 12.0. The van der Waals surface area contributed by atoms with Gasteiger partial charge < -0.3 is 10.6 Å². The highest BCUT2D eigenvalue weighted by Gasteiger charge is 2.26. The number of nitrogens with zero attached hydrogens (tertiary/aromatic N) is 2. The molecule has 1 aliphatic rings. The molecule has 1 fully saturated rings. The molecule has 1 aromatic carbocycles. The number of halogens is 2. The van der Waals surface area contributed by atoms with Crippen LogP contribution in [-0.4, -0.2) is 27.8 Å². The van der Waals surface area contributed by atoms with Crippen molar-refractivity contribution in [2.24, 2.45) is 5.92 Å². The van der Waals surface area contributed by atoms with E-state index in [9.17, 15) is 9.59 Å². The Kier molecular flexibility index (Phi) is 6.16. The van der Waals surface area contributed by atoms with Crippen molar-refractivity contribution in [3.63, 3.8) is 0 Å². The van der Waals surface area contributed by atoms with Crippen molar-refractivity contribution in [3.8, 4) is 0 Å². The number of aromatic nitrogens is 2. The number of benzene rings is 1. The fourth-order valence-corrected chi connectivity index (χ4v) is 3.95. The Labute approximate surface area is 162 Å². The molecule has 25 heavy (non-hydrogen) atoms. The summed E-state index contributed by atoms with van der Waals surface area (Å²) < 4.78 is 0.619. The highest BCUT2D eigenvalue weighted by Crippen LogP contribution is 2.30. The molecule has 2 N–H and O–H groups in total. The Balaban J connectivity index is 1.47. The Morgan fingerprint density at radius 3 is 2.68 bits per heavy atom. The van der Waals surface area contributed by atoms with Crippen molar-refractivity contribution < 1.29 is 9.59 Å². The zero-order chi connectivity index (χ0) is 17.8. The summed E-state index contributed by atoms with van der Waals surface area (Å²) in [6.45, 7) is 0. The van der Waals surface area contributed by atoms with Gasteiger partial charge in [-0.15, -0.1) is 10.2 Å². The Morgan fingerprint density at radius 1 is 1.20 bits per heavy atom. The number of hydrogen-bond donors (Lipinski definition) is 2. The maximum absolute atomic E-state index is 12.0. The van der Waals surface area contributed by atoms with Crippen molar-refractivity contribution in [2.75, 3.05) is 16.4 Å². The number of hydrogen-bond acceptors (Lipinski definition) is 6. The van der Waals surface area contributed by atoms with Gasteiger partial charge in [0.25, 0.3) is 0 Å². The largest absolute Gasteiger partial charge is 0.325 e. The minimum atomic E-state index is -0.196. The molecule has 132 valence electrons. The first-order chi connectivity index (χ1) is 12.0. The molecule has 0 radical (unpaired) electrons. The van der Waals surface area contributed by atoms with E-state index in [0.717, 1.165) is 19.3 Å². The third kappa shape index (κ3) is 5.07.